The molecule has 1 unspecified atom stereocenters. The lowest BCUT2D eigenvalue weighted by Crippen LogP contribution is -2.34. The van der Waals surface area contributed by atoms with Crippen LogP contribution in [0.1, 0.15) is 41.8 Å². The van der Waals surface area contributed by atoms with Crippen molar-refractivity contribution in [3.63, 3.8) is 0 Å². The number of esters is 1. The normalized spacial score (nSPS) is 13.9. The highest BCUT2D eigenvalue weighted by Gasteiger charge is 2.23. The Morgan fingerprint density at radius 3 is 2.39 bits per heavy atom. The van der Waals surface area contributed by atoms with Gasteiger partial charge in [-0.05, 0) is 67.6 Å². The number of ketones is 1. The average Bonchev–Trinajstić information content (AvgIpc) is 3.19. The van der Waals surface area contributed by atoms with Gasteiger partial charge in [0.15, 0.2) is 6.10 Å². The fraction of sp³-hybridized carbons (Fsp3) is 0.318. The van der Waals surface area contributed by atoms with Gasteiger partial charge < -0.3 is 10.1 Å². The lowest BCUT2D eigenvalue weighted by Gasteiger charge is -2.14. The molecule has 9 heteroatoms. The van der Waals surface area contributed by atoms with Crippen LogP contribution in [0.15, 0.2) is 47.4 Å². The Kier molecular flexibility index (Phi) is 6.87. The molecule has 0 fully saturated rings. The third-order valence-electron chi connectivity index (χ3n) is 4.95. The van der Waals surface area contributed by atoms with Crippen LogP contribution in [0.4, 0.5) is 5.69 Å². The fourth-order valence-corrected chi connectivity index (χ4v) is 4.38. The van der Waals surface area contributed by atoms with E-state index in [0.29, 0.717) is 11.3 Å². The first-order chi connectivity index (χ1) is 14.7. The summed E-state index contributed by atoms with van der Waals surface area (Å²) >= 11 is 0. The maximum atomic E-state index is 12.6. The van der Waals surface area contributed by atoms with Gasteiger partial charge in [0.1, 0.15) is 6.54 Å². The Labute approximate surface area is 181 Å². The quantitative estimate of drug-likeness (QED) is 0.476. The van der Waals surface area contributed by atoms with Crippen LogP contribution < -0.4 is 10.0 Å². The minimum absolute atomic E-state index is 0.0725. The Hall–Kier alpha value is -3.04. The summed E-state index contributed by atoms with van der Waals surface area (Å²) in [5.74, 6) is -1.47. The molecule has 0 saturated heterocycles. The van der Waals surface area contributed by atoms with E-state index in [4.69, 9.17) is 4.74 Å². The van der Waals surface area contributed by atoms with Crippen LogP contribution >= 0.6 is 0 Å². The number of anilines is 1. The van der Waals surface area contributed by atoms with Gasteiger partial charge in [-0.15, -0.1) is 0 Å². The molecule has 1 atom stereocenters. The maximum absolute atomic E-state index is 12.6. The average molecular weight is 445 g/mol. The summed E-state index contributed by atoms with van der Waals surface area (Å²) in [5.41, 5.74) is 3.30. The summed E-state index contributed by atoms with van der Waals surface area (Å²) in [6.45, 7) is 2.19. The van der Waals surface area contributed by atoms with Crippen LogP contribution in [0.25, 0.3) is 0 Å². The number of aryl methyl sites for hydroxylation is 2. The molecule has 1 aliphatic rings. The van der Waals surface area contributed by atoms with E-state index in [0.717, 1.165) is 24.8 Å². The van der Waals surface area contributed by atoms with Crippen LogP contribution in [0.5, 0.6) is 0 Å². The Bertz CT molecular complexity index is 1110. The first kappa shape index (κ1) is 22.6. The van der Waals surface area contributed by atoms with Crippen molar-refractivity contribution in [1.82, 2.24) is 4.72 Å². The molecule has 2 aromatic rings. The van der Waals surface area contributed by atoms with E-state index in [-0.39, 0.29) is 16.6 Å². The molecule has 0 aliphatic heterocycles. The zero-order valence-electron chi connectivity index (χ0n) is 17.3. The number of sulfonamides is 1. The highest BCUT2D eigenvalue weighted by molar-refractivity contribution is 7.89. The number of amides is 1. The van der Waals surface area contributed by atoms with Crippen molar-refractivity contribution in [2.24, 2.45) is 0 Å². The third-order valence-corrected chi connectivity index (χ3v) is 6.37. The predicted molar refractivity (Wildman–Crippen MR) is 114 cm³/mol. The maximum Gasteiger partial charge on any atom is 0.321 e. The molecule has 0 bridgehead atoms. The third kappa shape index (κ3) is 5.77. The van der Waals surface area contributed by atoms with Gasteiger partial charge in [0.2, 0.25) is 21.7 Å². The molecule has 1 amide bonds. The second kappa shape index (κ2) is 9.40. The number of nitrogens with one attached hydrogen (secondary N) is 2. The van der Waals surface area contributed by atoms with E-state index in [1.807, 2.05) is 12.1 Å². The van der Waals surface area contributed by atoms with E-state index >= 15 is 0 Å². The molecule has 31 heavy (non-hydrogen) atoms. The summed E-state index contributed by atoms with van der Waals surface area (Å²) in [7, 11) is -3.96. The molecule has 164 valence electrons. The first-order valence-corrected chi connectivity index (χ1v) is 11.4. The largest absolute Gasteiger partial charge is 0.453 e. The smallest absolute Gasteiger partial charge is 0.321 e. The van der Waals surface area contributed by atoms with E-state index in [1.165, 1.54) is 43.7 Å². The monoisotopic (exact) mass is 444 g/mol. The second-order valence-corrected chi connectivity index (χ2v) is 9.13. The van der Waals surface area contributed by atoms with Crippen LogP contribution in [0.2, 0.25) is 0 Å². The van der Waals surface area contributed by atoms with Crippen molar-refractivity contribution < 1.29 is 27.5 Å². The number of rotatable bonds is 8. The van der Waals surface area contributed by atoms with Crippen molar-refractivity contribution in [3.05, 3.63) is 59.2 Å². The number of carbonyl (C=O) groups is 3. The number of Topliss-reactive ketones (excluding diaryl/α,β-unsaturated/α-hetero) is 1. The molecule has 0 saturated carbocycles. The van der Waals surface area contributed by atoms with E-state index in [9.17, 15) is 22.8 Å². The molecule has 8 nitrogen and oxygen atoms in total. The fourth-order valence-electron chi connectivity index (χ4n) is 3.41. The number of carbonyl (C=O) groups excluding carboxylic acids is 3. The Balaban J connectivity index is 1.55. The van der Waals surface area contributed by atoms with Gasteiger partial charge in [-0.1, -0.05) is 12.1 Å². The van der Waals surface area contributed by atoms with Crippen molar-refractivity contribution in [2.45, 2.75) is 44.1 Å². The standard InChI is InChI=1S/C22H24N2O6S/c1-14(22(27)18-7-6-16-4-3-5-17(16)12-18)30-21(26)13-23-31(28,29)20-10-8-19(9-11-20)24-15(2)25/h6-12,14,23H,3-5,13H2,1-2H3,(H,24,25). The van der Waals surface area contributed by atoms with Crippen LogP contribution in [-0.2, 0) is 37.2 Å². The molecule has 0 heterocycles. The summed E-state index contributed by atoms with van der Waals surface area (Å²) in [6.07, 6.45) is 1.96. The molecule has 2 N–H and O–H groups in total. The van der Waals surface area contributed by atoms with Gasteiger partial charge >= 0.3 is 5.97 Å². The number of hydrogen-bond acceptors (Lipinski definition) is 6. The minimum Gasteiger partial charge on any atom is -0.453 e. The molecule has 1 aliphatic carbocycles. The number of benzene rings is 2. The zero-order valence-corrected chi connectivity index (χ0v) is 18.1. The van der Waals surface area contributed by atoms with Gasteiger partial charge in [-0.2, -0.15) is 4.72 Å². The topological polar surface area (TPSA) is 119 Å². The van der Waals surface area contributed by atoms with Crippen LogP contribution in [-0.4, -0.2) is 38.7 Å². The Morgan fingerprint density at radius 2 is 1.71 bits per heavy atom. The molecular weight excluding hydrogens is 420 g/mol. The number of ether oxygens (including phenoxy) is 1. The molecule has 0 spiro atoms. The molecular formula is C22H24N2O6S. The van der Waals surface area contributed by atoms with E-state index in [1.54, 1.807) is 6.07 Å². The highest BCUT2D eigenvalue weighted by Crippen LogP contribution is 2.23. The van der Waals surface area contributed by atoms with Crippen molar-refractivity contribution in [3.8, 4) is 0 Å². The molecule has 3 rings (SSSR count). The first-order valence-electron chi connectivity index (χ1n) is 9.88. The second-order valence-electron chi connectivity index (χ2n) is 7.36. The van der Waals surface area contributed by atoms with Crippen LogP contribution in [0, 0.1) is 0 Å². The summed E-state index contributed by atoms with van der Waals surface area (Å²) in [6, 6.07) is 11.0. The zero-order chi connectivity index (χ0) is 22.6. The predicted octanol–water partition coefficient (Wildman–Crippen LogP) is 2.23. The number of hydrogen-bond donors (Lipinski definition) is 2. The van der Waals surface area contributed by atoms with Crippen molar-refractivity contribution >= 4 is 33.4 Å². The van der Waals surface area contributed by atoms with Gasteiger partial charge in [0, 0.05) is 18.2 Å². The molecule has 0 radical (unpaired) electrons. The molecule has 2 aromatic carbocycles. The Morgan fingerprint density at radius 1 is 1.03 bits per heavy atom. The summed E-state index contributed by atoms with van der Waals surface area (Å²) < 4.78 is 32.0. The van der Waals surface area contributed by atoms with Gasteiger partial charge in [-0.3, -0.25) is 14.4 Å². The van der Waals surface area contributed by atoms with Gasteiger partial charge in [0.25, 0.3) is 0 Å². The highest BCUT2D eigenvalue weighted by atomic mass is 32.2. The summed E-state index contributed by atoms with van der Waals surface area (Å²) in [5, 5.41) is 2.53. The van der Waals surface area contributed by atoms with Crippen molar-refractivity contribution in [2.75, 3.05) is 11.9 Å². The van der Waals surface area contributed by atoms with E-state index < -0.39 is 28.6 Å². The minimum atomic E-state index is -3.96. The van der Waals surface area contributed by atoms with Crippen molar-refractivity contribution in [1.29, 1.82) is 0 Å². The lowest BCUT2D eigenvalue weighted by molar-refractivity contribution is -0.144. The summed E-state index contributed by atoms with van der Waals surface area (Å²) in [4.78, 5) is 35.6. The number of fused-ring (bicyclic) bond motifs is 1. The van der Waals surface area contributed by atoms with Gasteiger partial charge in [-0.25, -0.2) is 8.42 Å². The van der Waals surface area contributed by atoms with Gasteiger partial charge in [0.05, 0.1) is 4.90 Å². The lowest BCUT2D eigenvalue weighted by atomic mass is 10.0. The SMILES string of the molecule is CC(=O)Nc1ccc(S(=O)(=O)NCC(=O)OC(C)C(=O)c2ccc3c(c2)CCC3)cc1. The van der Waals surface area contributed by atoms with Crippen LogP contribution in [0.3, 0.4) is 0 Å². The van der Waals surface area contributed by atoms with E-state index in [2.05, 4.69) is 10.0 Å². The molecule has 0 aromatic heterocycles.